The van der Waals surface area contributed by atoms with Crippen molar-refractivity contribution < 1.29 is 17.9 Å². The van der Waals surface area contributed by atoms with Gasteiger partial charge in [-0.15, -0.1) is 4.83 Å². The number of amides is 1. The number of halogens is 1. The molecule has 1 heterocycles. The second kappa shape index (κ2) is 7.21. The minimum Gasteiger partial charge on any atom is -0.484 e. The summed E-state index contributed by atoms with van der Waals surface area (Å²) < 4.78 is 28.9. The summed E-state index contributed by atoms with van der Waals surface area (Å²) in [6.45, 7) is -0.328. The molecule has 0 atom stereocenters. The van der Waals surface area contributed by atoms with Crippen LogP contribution in [-0.4, -0.2) is 25.9 Å². The van der Waals surface area contributed by atoms with E-state index in [9.17, 15) is 13.2 Å². The van der Waals surface area contributed by atoms with Crippen molar-refractivity contribution in [3.63, 3.8) is 0 Å². The zero-order valence-corrected chi connectivity index (χ0v) is 12.8. The Bertz CT molecular complexity index is 736. The van der Waals surface area contributed by atoms with E-state index in [1.54, 1.807) is 30.3 Å². The van der Waals surface area contributed by atoms with Crippen LogP contribution in [0.15, 0.2) is 53.6 Å². The average Bonchev–Trinajstić information content (AvgIpc) is 2.52. The van der Waals surface area contributed by atoms with Gasteiger partial charge in [0.1, 0.15) is 15.8 Å². The van der Waals surface area contributed by atoms with Crippen molar-refractivity contribution in [1.82, 2.24) is 15.2 Å². The Labute approximate surface area is 132 Å². The second-order valence-corrected chi connectivity index (χ2v) is 6.14. The summed E-state index contributed by atoms with van der Waals surface area (Å²) in [6, 6.07) is 11.3. The summed E-state index contributed by atoms with van der Waals surface area (Å²) in [6.07, 6.45) is 1.08. The maximum atomic E-state index is 11.9. The van der Waals surface area contributed by atoms with Crippen molar-refractivity contribution >= 4 is 27.5 Å². The molecule has 0 aliphatic carbocycles. The molecule has 1 amide bonds. The highest BCUT2D eigenvalue weighted by atomic mass is 35.5. The van der Waals surface area contributed by atoms with Gasteiger partial charge < -0.3 is 4.74 Å². The quantitative estimate of drug-likeness (QED) is 0.606. The van der Waals surface area contributed by atoms with Crippen LogP contribution in [0.3, 0.4) is 0 Å². The highest BCUT2D eigenvalue weighted by molar-refractivity contribution is 7.89. The molecule has 2 N–H and O–H groups in total. The molecule has 0 radical (unpaired) electrons. The van der Waals surface area contributed by atoms with Crippen LogP contribution >= 0.6 is 11.6 Å². The number of rotatable bonds is 6. The molecule has 2 rings (SSSR count). The molecule has 116 valence electrons. The molecule has 1 aromatic heterocycles. The Morgan fingerprint density at radius 1 is 1.18 bits per heavy atom. The molecule has 0 unspecified atom stereocenters. The van der Waals surface area contributed by atoms with Crippen LogP contribution in [0.5, 0.6) is 5.75 Å². The van der Waals surface area contributed by atoms with E-state index in [4.69, 9.17) is 16.3 Å². The first-order chi connectivity index (χ1) is 10.5. The first-order valence-corrected chi connectivity index (χ1v) is 7.93. The normalized spacial score (nSPS) is 11.0. The van der Waals surface area contributed by atoms with Crippen molar-refractivity contribution in [1.29, 1.82) is 0 Å². The summed E-state index contributed by atoms with van der Waals surface area (Å²) in [5.41, 5.74) is 2.04. The second-order valence-electron chi connectivity index (χ2n) is 4.07. The predicted octanol–water partition coefficient (Wildman–Crippen LogP) is 1.12. The van der Waals surface area contributed by atoms with Gasteiger partial charge in [0.05, 0.1) is 0 Å². The molecule has 0 aliphatic rings. The number of carbonyl (C=O) groups excluding carboxylic acids is 1. The van der Waals surface area contributed by atoms with Crippen LogP contribution in [0.1, 0.15) is 0 Å². The summed E-state index contributed by atoms with van der Waals surface area (Å²) in [4.78, 5) is 17.0. The van der Waals surface area contributed by atoms with Gasteiger partial charge >= 0.3 is 0 Å². The summed E-state index contributed by atoms with van der Waals surface area (Å²) in [5.74, 6) is -0.142. The zero-order chi connectivity index (χ0) is 16.0. The fourth-order valence-corrected chi connectivity index (χ4v) is 2.32. The number of nitrogens with zero attached hydrogens (tertiary/aromatic N) is 1. The topological polar surface area (TPSA) is 97.4 Å². The summed E-state index contributed by atoms with van der Waals surface area (Å²) >= 11 is 5.58. The Hall–Kier alpha value is -2.16. The maximum absolute atomic E-state index is 11.9. The molecule has 2 aromatic rings. The van der Waals surface area contributed by atoms with Crippen LogP contribution in [0.25, 0.3) is 0 Å². The molecule has 0 saturated carbocycles. The molecule has 0 aliphatic heterocycles. The van der Waals surface area contributed by atoms with E-state index in [1.807, 2.05) is 10.3 Å². The number of nitrogens with one attached hydrogen (secondary N) is 2. The van der Waals surface area contributed by atoms with Gasteiger partial charge in [0, 0.05) is 6.20 Å². The number of sulfonamides is 1. The van der Waals surface area contributed by atoms with Crippen molar-refractivity contribution in [2.45, 2.75) is 4.90 Å². The van der Waals surface area contributed by atoms with Gasteiger partial charge in [-0.2, -0.15) is 0 Å². The first-order valence-electron chi connectivity index (χ1n) is 6.07. The van der Waals surface area contributed by atoms with Gasteiger partial charge in [0.2, 0.25) is 0 Å². The van der Waals surface area contributed by atoms with Crippen LogP contribution in [-0.2, 0) is 14.8 Å². The van der Waals surface area contributed by atoms with E-state index in [2.05, 4.69) is 4.98 Å². The van der Waals surface area contributed by atoms with Crippen LogP contribution in [0.4, 0.5) is 0 Å². The minimum absolute atomic E-state index is 0.124. The minimum atomic E-state index is -3.91. The molecule has 22 heavy (non-hydrogen) atoms. The zero-order valence-electron chi connectivity index (χ0n) is 11.2. The predicted molar refractivity (Wildman–Crippen MR) is 79.6 cm³/mol. The molecule has 0 spiro atoms. The number of para-hydroxylation sites is 1. The standard InChI is InChI=1S/C13H12ClN3O4S/c14-12-7-6-11(8-15-12)22(19,20)17-16-13(18)9-21-10-4-2-1-3-5-10/h1-8,17H,9H2,(H,16,18). The van der Waals surface area contributed by atoms with Crippen molar-refractivity contribution in [2.75, 3.05) is 6.61 Å². The summed E-state index contributed by atoms with van der Waals surface area (Å²) in [5, 5.41) is 0.166. The van der Waals surface area contributed by atoms with Gasteiger partial charge in [-0.05, 0) is 24.3 Å². The van der Waals surface area contributed by atoms with Crippen molar-refractivity contribution in [2.24, 2.45) is 0 Å². The monoisotopic (exact) mass is 341 g/mol. The van der Waals surface area contributed by atoms with Gasteiger partial charge in [0.25, 0.3) is 15.9 Å². The van der Waals surface area contributed by atoms with Crippen LogP contribution in [0.2, 0.25) is 5.15 Å². The largest absolute Gasteiger partial charge is 0.484 e. The Morgan fingerprint density at radius 2 is 1.91 bits per heavy atom. The SMILES string of the molecule is O=C(COc1ccccc1)NNS(=O)(=O)c1ccc(Cl)nc1. The molecule has 0 fully saturated rings. The number of pyridine rings is 1. The lowest BCUT2D eigenvalue weighted by atomic mass is 10.3. The molecule has 0 saturated heterocycles. The molecule has 1 aromatic carbocycles. The number of benzene rings is 1. The van der Waals surface area contributed by atoms with E-state index in [-0.39, 0.29) is 16.7 Å². The number of carbonyl (C=O) groups is 1. The third-order valence-corrected chi connectivity index (χ3v) is 3.90. The number of hydrogen-bond donors (Lipinski definition) is 2. The molecule has 7 nitrogen and oxygen atoms in total. The lowest BCUT2D eigenvalue weighted by Crippen LogP contribution is -2.43. The van der Waals surface area contributed by atoms with E-state index < -0.39 is 15.9 Å². The fourth-order valence-electron chi connectivity index (χ4n) is 1.41. The number of aromatic nitrogens is 1. The maximum Gasteiger partial charge on any atom is 0.272 e. The van der Waals surface area contributed by atoms with E-state index >= 15 is 0 Å². The fraction of sp³-hybridized carbons (Fsp3) is 0.0769. The van der Waals surface area contributed by atoms with Gasteiger partial charge in [0.15, 0.2) is 6.61 Å². The highest BCUT2D eigenvalue weighted by Crippen LogP contribution is 2.10. The number of ether oxygens (including phenoxy) is 1. The number of hydrazine groups is 1. The van der Waals surface area contributed by atoms with Gasteiger partial charge in [-0.1, -0.05) is 29.8 Å². The van der Waals surface area contributed by atoms with Crippen LogP contribution < -0.4 is 15.0 Å². The Kier molecular flexibility index (Phi) is 5.31. The molecule has 9 heteroatoms. The van der Waals surface area contributed by atoms with Gasteiger partial charge in [-0.3, -0.25) is 10.2 Å². The van der Waals surface area contributed by atoms with Crippen molar-refractivity contribution in [3.8, 4) is 5.75 Å². The lowest BCUT2D eigenvalue weighted by Gasteiger charge is -2.09. The van der Waals surface area contributed by atoms with E-state index in [1.165, 1.54) is 12.1 Å². The third-order valence-electron chi connectivity index (χ3n) is 2.45. The molecule has 0 bridgehead atoms. The Morgan fingerprint density at radius 3 is 2.55 bits per heavy atom. The smallest absolute Gasteiger partial charge is 0.272 e. The Balaban J connectivity index is 1.86. The van der Waals surface area contributed by atoms with E-state index in [0.29, 0.717) is 5.75 Å². The molecular formula is C13H12ClN3O4S. The third kappa shape index (κ3) is 4.69. The summed E-state index contributed by atoms with van der Waals surface area (Å²) in [7, 11) is -3.91. The average molecular weight is 342 g/mol. The lowest BCUT2D eigenvalue weighted by molar-refractivity contribution is -0.123. The van der Waals surface area contributed by atoms with E-state index in [0.717, 1.165) is 6.20 Å². The van der Waals surface area contributed by atoms with Gasteiger partial charge in [-0.25, -0.2) is 13.4 Å². The first kappa shape index (κ1) is 16.2. The highest BCUT2D eigenvalue weighted by Gasteiger charge is 2.15. The van der Waals surface area contributed by atoms with Crippen molar-refractivity contribution in [3.05, 3.63) is 53.8 Å². The number of hydrogen-bond acceptors (Lipinski definition) is 5. The molecular weight excluding hydrogens is 330 g/mol. The van der Waals surface area contributed by atoms with Crippen LogP contribution in [0, 0.1) is 0 Å².